The van der Waals surface area contributed by atoms with Crippen molar-refractivity contribution in [1.29, 1.82) is 0 Å². The fourth-order valence-corrected chi connectivity index (χ4v) is 2.56. The summed E-state index contributed by atoms with van der Waals surface area (Å²) < 4.78 is 2.91. The summed E-state index contributed by atoms with van der Waals surface area (Å²) in [4.78, 5) is 25.1. The van der Waals surface area contributed by atoms with Crippen molar-refractivity contribution in [3.05, 3.63) is 75.3 Å². The van der Waals surface area contributed by atoms with E-state index in [1.54, 1.807) is 48.0 Å². The third-order valence-electron chi connectivity index (χ3n) is 3.40. The number of hydrogen-bond donors (Lipinski definition) is 0. The summed E-state index contributed by atoms with van der Waals surface area (Å²) in [6.07, 6.45) is 0. The lowest BCUT2D eigenvalue weighted by Gasteiger charge is -2.11. The molecule has 2 aromatic carbocycles. The predicted molar refractivity (Wildman–Crippen MR) is 84.2 cm³/mol. The van der Waals surface area contributed by atoms with Crippen LogP contribution < -0.4 is 5.56 Å². The molecule has 0 fully saturated rings. The first kappa shape index (κ1) is 13.5. The number of hydrogen-bond acceptors (Lipinski definition) is 3. The Kier molecular flexibility index (Phi) is 3.27. The van der Waals surface area contributed by atoms with Crippen LogP contribution in [0.2, 0.25) is 0 Å². The molecule has 0 amide bonds. The van der Waals surface area contributed by atoms with E-state index in [0.717, 1.165) is 4.57 Å². The molecule has 0 saturated carbocycles. The number of nitrogens with zero attached hydrogens (tertiary/aromatic N) is 2. The van der Waals surface area contributed by atoms with E-state index in [9.17, 15) is 9.59 Å². The quantitative estimate of drug-likeness (QED) is 0.649. The average Bonchev–Trinajstić information content (AvgIpc) is 2.53. The maximum atomic E-state index is 12.6. The van der Waals surface area contributed by atoms with Gasteiger partial charge in [0.15, 0.2) is 4.77 Å². The Morgan fingerprint density at radius 1 is 1.00 bits per heavy atom. The van der Waals surface area contributed by atoms with Crippen molar-refractivity contribution in [2.75, 3.05) is 0 Å². The largest absolute Gasteiger partial charge is 0.320 e. The van der Waals surface area contributed by atoms with Gasteiger partial charge in [-0.15, -0.1) is 0 Å². The zero-order valence-corrected chi connectivity index (χ0v) is 12.1. The molecule has 4 nitrogen and oxygen atoms in total. The van der Waals surface area contributed by atoms with Gasteiger partial charge in [-0.1, -0.05) is 30.3 Å². The number of aromatic nitrogens is 2. The molecular weight excluding hydrogens is 284 g/mol. The molecule has 0 aliphatic heterocycles. The summed E-state index contributed by atoms with van der Waals surface area (Å²) in [5, 5.41) is 0.470. The minimum atomic E-state index is -0.410. The molecule has 0 N–H and O–H groups in total. The zero-order valence-electron chi connectivity index (χ0n) is 11.3. The maximum absolute atomic E-state index is 12.6. The second kappa shape index (κ2) is 5.10. The van der Waals surface area contributed by atoms with Crippen molar-refractivity contribution in [2.45, 2.75) is 0 Å². The van der Waals surface area contributed by atoms with Crippen LogP contribution in [-0.2, 0) is 7.05 Å². The first-order valence-corrected chi connectivity index (χ1v) is 6.82. The molecule has 104 valence electrons. The first-order chi connectivity index (χ1) is 10.1. The summed E-state index contributed by atoms with van der Waals surface area (Å²) >= 11 is 5.29. The van der Waals surface area contributed by atoms with Crippen LogP contribution in [0.25, 0.3) is 10.9 Å². The van der Waals surface area contributed by atoms with Gasteiger partial charge in [-0.25, -0.2) is 4.57 Å². The Labute approximate surface area is 125 Å². The molecule has 0 bridgehead atoms. The van der Waals surface area contributed by atoms with Crippen LogP contribution in [0.4, 0.5) is 0 Å². The summed E-state index contributed by atoms with van der Waals surface area (Å²) in [5.41, 5.74) is 0.758. The minimum absolute atomic E-state index is 0.188. The summed E-state index contributed by atoms with van der Waals surface area (Å²) in [7, 11) is 1.75. The number of rotatable bonds is 1. The minimum Gasteiger partial charge on any atom is -0.320 e. The van der Waals surface area contributed by atoms with Crippen LogP contribution >= 0.6 is 12.2 Å². The highest BCUT2D eigenvalue weighted by molar-refractivity contribution is 7.71. The second-order valence-electron chi connectivity index (χ2n) is 4.67. The summed E-state index contributed by atoms with van der Waals surface area (Å²) in [5.74, 6) is -0.410. The van der Waals surface area contributed by atoms with Gasteiger partial charge in [-0.2, -0.15) is 0 Å². The van der Waals surface area contributed by atoms with Crippen molar-refractivity contribution < 1.29 is 4.79 Å². The molecule has 0 radical (unpaired) electrons. The van der Waals surface area contributed by atoms with E-state index in [1.165, 1.54) is 0 Å². The van der Waals surface area contributed by atoms with E-state index in [2.05, 4.69) is 0 Å². The van der Waals surface area contributed by atoms with Crippen LogP contribution in [0.5, 0.6) is 0 Å². The number of para-hydroxylation sites is 1. The van der Waals surface area contributed by atoms with Crippen LogP contribution in [0.1, 0.15) is 10.4 Å². The van der Waals surface area contributed by atoms with Gasteiger partial charge in [0.1, 0.15) is 0 Å². The molecule has 5 heteroatoms. The fraction of sp³-hybridized carbons (Fsp3) is 0.0625. The molecule has 1 heterocycles. The van der Waals surface area contributed by atoms with Crippen molar-refractivity contribution in [3.8, 4) is 0 Å². The lowest BCUT2D eigenvalue weighted by Crippen LogP contribution is -2.30. The van der Waals surface area contributed by atoms with Gasteiger partial charge in [-0.05, 0) is 36.5 Å². The number of carbonyl (C=O) groups excluding carboxylic acids is 1. The van der Waals surface area contributed by atoms with Crippen LogP contribution in [0.15, 0.2) is 59.4 Å². The molecule has 0 saturated heterocycles. The molecule has 1 aromatic heterocycles. The smallest absolute Gasteiger partial charge is 0.269 e. The molecule has 3 rings (SSSR count). The Morgan fingerprint density at radius 2 is 1.62 bits per heavy atom. The van der Waals surface area contributed by atoms with Gasteiger partial charge >= 0.3 is 0 Å². The van der Waals surface area contributed by atoms with E-state index in [-0.39, 0.29) is 10.3 Å². The second-order valence-corrected chi connectivity index (χ2v) is 5.04. The van der Waals surface area contributed by atoms with E-state index < -0.39 is 5.91 Å². The highest BCUT2D eigenvalue weighted by atomic mass is 32.1. The average molecular weight is 296 g/mol. The van der Waals surface area contributed by atoms with Crippen LogP contribution in [0.3, 0.4) is 0 Å². The topological polar surface area (TPSA) is 44.0 Å². The molecule has 0 atom stereocenters. The third kappa shape index (κ3) is 2.11. The number of carbonyl (C=O) groups is 1. The SMILES string of the molecule is Cn1c(=S)n(C(=O)c2ccccc2)c(=O)c2ccccc21. The van der Waals surface area contributed by atoms with Crippen molar-refractivity contribution in [1.82, 2.24) is 9.13 Å². The molecule has 0 aliphatic carbocycles. The fourth-order valence-electron chi connectivity index (χ4n) is 2.30. The first-order valence-electron chi connectivity index (χ1n) is 6.42. The Hall–Kier alpha value is -2.53. The Bertz CT molecular complexity index is 955. The molecule has 0 spiro atoms. The Balaban J connectivity index is 2.37. The lowest BCUT2D eigenvalue weighted by atomic mass is 10.2. The molecule has 3 aromatic rings. The molecule has 0 aliphatic rings. The van der Waals surface area contributed by atoms with Crippen molar-refractivity contribution >= 4 is 29.0 Å². The van der Waals surface area contributed by atoms with Gasteiger partial charge < -0.3 is 4.57 Å². The number of fused-ring (bicyclic) bond motifs is 1. The van der Waals surface area contributed by atoms with E-state index >= 15 is 0 Å². The van der Waals surface area contributed by atoms with E-state index in [0.29, 0.717) is 16.5 Å². The molecule has 0 unspecified atom stereocenters. The van der Waals surface area contributed by atoms with E-state index in [1.807, 2.05) is 18.2 Å². The third-order valence-corrected chi connectivity index (χ3v) is 3.86. The summed E-state index contributed by atoms with van der Waals surface area (Å²) in [6.45, 7) is 0. The Morgan fingerprint density at radius 3 is 2.33 bits per heavy atom. The van der Waals surface area contributed by atoms with Gasteiger partial charge in [0.25, 0.3) is 11.5 Å². The van der Waals surface area contributed by atoms with Crippen LogP contribution in [0, 0.1) is 4.77 Å². The molecule has 21 heavy (non-hydrogen) atoms. The van der Waals surface area contributed by atoms with Gasteiger partial charge in [0.2, 0.25) is 0 Å². The zero-order chi connectivity index (χ0) is 15.0. The number of benzene rings is 2. The lowest BCUT2D eigenvalue weighted by molar-refractivity contribution is 0.0952. The summed E-state index contributed by atoms with van der Waals surface area (Å²) in [6, 6.07) is 15.8. The van der Waals surface area contributed by atoms with Gasteiger partial charge in [-0.3, -0.25) is 9.59 Å². The highest BCUT2D eigenvalue weighted by Crippen LogP contribution is 2.10. The molecular formula is C16H12N2O2S. The number of aryl methyl sites for hydroxylation is 1. The monoisotopic (exact) mass is 296 g/mol. The van der Waals surface area contributed by atoms with Gasteiger partial charge in [0.05, 0.1) is 10.9 Å². The van der Waals surface area contributed by atoms with Gasteiger partial charge in [0, 0.05) is 12.6 Å². The highest BCUT2D eigenvalue weighted by Gasteiger charge is 2.15. The predicted octanol–water partition coefficient (Wildman–Crippen LogP) is 2.76. The normalized spacial score (nSPS) is 10.7. The van der Waals surface area contributed by atoms with Crippen molar-refractivity contribution in [3.63, 3.8) is 0 Å². The van der Waals surface area contributed by atoms with Crippen LogP contribution in [-0.4, -0.2) is 15.0 Å². The maximum Gasteiger partial charge on any atom is 0.269 e. The van der Waals surface area contributed by atoms with E-state index in [4.69, 9.17) is 12.2 Å². The standard InChI is InChI=1S/C16H12N2O2S/c1-17-13-10-6-5-9-12(13)15(20)18(16(17)21)14(19)11-7-3-2-4-8-11/h2-10H,1H3. The van der Waals surface area contributed by atoms with Crippen molar-refractivity contribution in [2.24, 2.45) is 7.05 Å².